The Bertz CT molecular complexity index is 1770. The van der Waals surface area contributed by atoms with E-state index in [-0.39, 0.29) is 24.6 Å². The molecule has 7 atom stereocenters. The van der Waals surface area contributed by atoms with Gasteiger partial charge in [-0.1, -0.05) is 110 Å². The number of phosphoric acid groups is 1. The number of hydrogen-bond acceptors (Lipinski definition) is 11. The van der Waals surface area contributed by atoms with Crippen molar-refractivity contribution in [3.63, 3.8) is 0 Å². The topological polar surface area (TPSA) is 195 Å². The standard InChI is InChI=1S/C40H59FN5O8P/c1-3-4-5-6-7-8-9-10-11-12-13-14-15-16-17-18-19-32(51-26-30-22-29(25-42)23-31(41)24-30)27-52-55(49,50)54-38-39(2)40(38,48)36(47)35(53-39)33-20-21-34-37(43)44-28-45-46(33)34/h20-24,28,32,35-36,38,47-48H,3-19,26-27H2,1-2H3,(H,49,50)(H2,43,44,45)/t32-,35+,36+,38?,39-,40-/m1/s1. The van der Waals surface area contributed by atoms with Crippen LogP contribution in [-0.2, 0) is 29.7 Å². The number of rotatable bonds is 26. The number of benzene rings is 1. The summed E-state index contributed by atoms with van der Waals surface area (Å²) in [6.07, 6.45) is 16.9. The van der Waals surface area contributed by atoms with Crippen molar-refractivity contribution in [3.8, 4) is 6.07 Å². The van der Waals surface area contributed by atoms with E-state index in [0.717, 1.165) is 31.7 Å². The lowest BCUT2D eigenvalue weighted by molar-refractivity contribution is -0.0816. The summed E-state index contributed by atoms with van der Waals surface area (Å²) >= 11 is 0. The number of anilines is 1. The highest BCUT2D eigenvalue weighted by Gasteiger charge is 2.87. The Morgan fingerprint density at radius 3 is 2.22 bits per heavy atom. The van der Waals surface area contributed by atoms with Crippen molar-refractivity contribution in [3.05, 3.63) is 59.3 Å². The fourth-order valence-electron chi connectivity index (χ4n) is 7.80. The van der Waals surface area contributed by atoms with Crippen LogP contribution in [0.3, 0.4) is 0 Å². The lowest BCUT2D eigenvalue weighted by Crippen LogP contribution is -2.35. The van der Waals surface area contributed by atoms with E-state index in [1.165, 1.54) is 107 Å². The van der Waals surface area contributed by atoms with Gasteiger partial charge in [0, 0.05) is 0 Å². The van der Waals surface area contributed by atoms with Crippen molar-refractivity contribution in [2.24, 2.45) is 0 Å². The zero-order valence-electron chi connectivity index (χ0n) is 32.3. The van der Waals surface area contributed by atoms with E-state index in [1.807, 2.05) is 6.07 Å². The normalized spacial score (nSPS) is 24.8. The maximum atomic E-state index is 14.1. The summed E-state index contributed by atoms with van der Waals surface area (Å²) in [7, 11) is -4.80. The fraction of sp³-hybridized carbons (Fsp3) is 0.675. The highest BCUT2D eigenvalue weighted by atomic mass is 31.2. The SMILES string of the molecule is CCCCCCCCCCCCCCCCCC[C@H](COP(=O)(O)OC1[C@@]2(C)O[C@@H](c3ccc4c(N)ncnn34)[C@H](O)[C@@]12O)OCc1cc(F)cc(C#N)c1. The molecule has 1 aliphatic heterocycles. The Morgan fingerprint density at radius 2 is 1.64 bits per heavy atom. The van der Waals surface area contributed by atoms with E-state index < -0.39 is 49.3 Å². The molecule has 2 fully saturated rings. The van der Waals surface area contributed by atoms with Crippen LogP contribution < -0.4 is 5.73 Å². The number of aliphatic hydroxyl groups excluding tert-OH is 1. The maximum Gasteiger partial charge on any atom is 0.472 e. The molecule has 3 aromatic rings. The van der Waals surface area contributed by atoms with E-state index in [9.17, 15) is 29.3 Å². The van der Waals surface area contributed by atoms with E-state index in [4.69, 9.17) is 24.3 Å². The summed E-state index contributed by atoms with van der Waals surface area (Å²) in [5.41, 5.74) is 3.90. The molecule has 13 nitrogen and oxygen atoms in total. The Labute approximate surface area is 324 Å². The Hall–Kier alpha value is -2.99. The minimum Gasteiger partial charge on any atom is -0.387 e. The highest BCUT2D eigenvalue weighted by Crippen LogP contribution is 2.68. The Kier molecular flexibility index (Phi) is 15.6. The molecule has 3 heterocycles. The minimum atomic E-state index is -4.80. The molecule has 1 aromatic carbocycles. The van der Waals surface area contributed by atoms with Crippen molar-refractivity contribution >= 4 is 19.2 Å². The molecule has 5 rings (SSSR count). The van der Waals surface area contributed by atoms with Crippen molar-refractivity contribution in [1.29, 1.82) is 5.26 Å². The van der Waals surface area contributed by atoms with Crippen LogP contribution in [0, 0.1) is 17.1 Å². The van der Waals surface area contributed by atoms with Crippen molar-refractivity contribution in [2.45, 2.75) is 165 Å². The molecular weight excluding hydrogens is 728 g/mol. The number of nitrogens with two attached hydrogens (primary N) is 1. The monoisotopic (exact) mass is 787 g/mol. The van der Waals surface area contributed by atoms with Crippen LogP contribution in [0.5, 0.6) is 0 Å². The van der Waals surface area contributed by atoms with E-state index in [1.54, 1.807) is 12.1 Å². The van der Waals surface area contributed by atoms with Gasteiger partial charge in [-0.25, -0.2) is 18.5 Å². The van der Waals surface area contributed by atoms with Gasteiger partial charge in [0.15, 0.2) is 11.4 Å². The van der Waals surface area contributed by atoms with Crippen LogP contribution in [0.4, 0.5) is 10.2 Å². The van der Waals surface area contributed by atoms with Crippen molar-refractivity contribution in [1.82, 2.24) is 14.6 Å². The van der Waals surface area contributed by atoms with E-state index in [0.29, 0.717) is 23.2 Å². The average Bonchev–Trinajstić information content (AvgIpc) is 3.42. The molecule has 55 heavy (non-hydrogen) atoms. The van der Waals surface area contributed by atoms with Gasteiger partial charge in [0.25, 0.3) is 0 Å². The lowest BCUT2D eigenvalue weighted by Gasteiger charge is -2.24. The number of unbranched alkanes of at least 4 members (excludes halogenated alkanes) is 15. The molecule has 0 radical (unpaired) electrons. The predicted octanol–water partition coefficient (Wildman–Crippen LogP) is 8.00. The molecule has 304 valence electrons. The minimum absolute atomic E-state index is 0.0389. The number of nitriles is 1. The second kappa shape index (κ2) is 19.9. The van der Waals surface area contributed by atoms with Gasteiger partial charge in [-0.2, -0.15) is 10.4 Å². The number of phosphoric ester groups is 1. The first kappa shape index (κ1) is 43.1. The van der Waals surface area contributed by atoms with Gasteiger partial charge in [-0.3, -0.25) is 9.05 Å². The van der Waals surface area contributed by atoms with Crippen LogP contribution in [0.2, 0.25) is 0 Å². The number of fused-ring (bicyclic) bond motifs is 2. The zero-order valence-corrected chi connectivity index (χ0v) is 33.2. The summed E-state index contributed by atoms with van der Waals surface area (Å²) in [5.74, 6) is -0.338. The first-order chi connectivity index (χ1) is 26.4. The molecular formula is C40H59FN5O8P. The van der Waals surface area contributed by atoms with Gasteiger partial charge in [0.2, 0.25) is 0 Å². The van der Waals surface area contributed by atoms with Gasteiger partial charge in [0.05, 0.1) is 36.6 Å². The lowest BCUT2D eigenvalue weighted by atomic mass is 10.0. The fourth-order valence-corrected chi connectivity index (χ4v) is 8.85. The van der Waals surface area contributed by atoms with Crippen LogP contribution in [0.1, 0.15) is 146 Å². The van der Waals surface area contributed by atoms with Gasteiger partial charge >= 0.3 is 7.82 Å². The van der Waals surface area contributed by atoms with Crippen LogP contribution in [-0.4, -0.2) is 65.8 Å². The quantitative estimate of drug-likeness (QED) is 0.0453. The van der Waals surface area contributed by atoms with E-state index in [2.05, 4.69) is 17.0 Å². The molecule has 2 aromatic heterocycles. The summed E-state index contributed by atoms with van der Waals surface area (Å²) in [6.45, 7) is 3.37. The number of aromatic nitrogens is 3. The summed E-state index contributed by atoms with van der Waals surface area (Å²) in [5, 5.41) is 36.1. The van der Waals surface area contributed by atoms with Gasteiger partial charge in [0.1, 0.15) is 41.6 Å². The van der Waals surface area contributed by atoms with Gasteiger partial charge in [-0.15, -0.1) is 0 Å². The second-order valence-electron chi connectivity index (χ2n) is 15.4. The first-order valence-corrected chi connectivity index (χ1v) is 21.6. The second-order valence-corrected chi connectivity index (χ2v) is 16.8. The molecule has 2 aliphatic rings. The number of nitrogens with zero attached hydrogens (tertiary/aromatic N) is 4. The molecule has 15 heteroatoms. The predicted molar refractivity (Wildman–Crippen MR) is 205 cm³/mol. The molecule has 1 saturated heterocycles. The van der Waals surface area contributed by atoms with Crippen molar-refractivity contribution < 1.29 is 42.6 Å². The van der Waals surface area contributed by atoms with Crippen LogP contribution >= 0.6 is 7.82 Å². The highest BCUT2D eigenvalue weighted by molar-refractivity contribution is 7.47. The average molecular weight is 788 g/mol. The molecule has 5 N–H and O–H groups in total. The summed E-state index contributed by atoms with van der Waals surface area (Å²) in [6, 6.07) is 9.18. The van der Waals surface area contributed by atoms with Crippen LogP contribution in [0.25, 0.3) is 5.52 Å². The number of halogens is 1. The third-order valence-electron chi connectivity index (χ3n) is 11.1. The smallest absolute Gasteiger partial charge is 0.387 e. The number of aliphatic hydroxyl groups is 2. The third-order valence-corrected chi connectivity index (χ3v) is 12.1. The summed E-state index contributed by atoms with van der Waals surface area (Å²) < 4.78 is 51.7. The first-order valence-electron chi connectivity index (χ1n) is 20.1. The van der Waals surface area contributed by atoms with Crippen LogP contribution in [0.15, 0.2) is 36.7 Å². The maximum absolute atomic E-state index is 14.1. The molecule has 1 saturated carbocycles. The largest absolute Gasteiger partial charge is 0.472 e. The summed E-state index contributed by atoms with van der Waals surface area (Å²) in [4.78, 5) is 14.7. The van der Waals surface area contributed by atoms with Gasteiger partial charge in [-0.05, 0) is 49.2 Å². The third kappa shape index (κ3) is 10.9. The molecule has 0 spiro atoms. The zero-order chi connectivity index (χ0) is 39.5. The molecule has 2 unspecified atom stereocenters. The van der Waals surface area contributed by atoms with Gasteiger partial charge < -0.3 is 30.3 Å². The molecule has 1 aliphatic carbocycles. The number of ether oxygens (including phenoxy) is 2. The molecule has 0 amide bonds. The Balaban J connectivity index is 1.06. The van der Waals surface area contributed by atoms with E-state index >= 15 is 0 Å². The van der Waals surface area contributed by atoms with Crippen molar-refractivity contribution in [2.75, 3.05) is 12.3 Å². The Morgan fingerprint density at radius 1 is 1.02 bits per heavy atom. The molecule has 0 bridgehead atoms. The number of nitrogen functional groups attached to an aromatic ring is 1. The number of hydrogen-bond donors (Lipinski definition) is 4.